The Labute approximate surface area is 109 Å². The molecule has 96 valence electrons. The monoisotopic (exact) mass is 254 g/mol. The zero-order chi connectivity index (χ0) is 12.8. The van der Waals surface area contributed by atoms with Crippen molar-refractivity contribution in [2.75, 3.05) is 6.54 Å². The normalized spacial score (nSPS) is 10.6. The van der Waals surface area contributed by atoms with Gasteiger partial charge in [-0.25, -0.2) is 0 Å². The van der Waals surface area contributed by atoms with Gasteiger partial charge in [-0.3, -0.25) is 4.68 Å². The second-order valence-corrected chi connectivity index (χ2v) is 4.96. The van der Waals surface area contributed by atoms with E-state index in [2.05, 4.69) is 42.7 Å². The van der Waals surface area contributed by atoms with Gasteiger partial charge in [0, 0.05) is 31.4 Å². The van der Waals surface area contributed by atoms with Crippen molar-refractivity contribution in [2.24, 2.45) is 5.92 Å². The van der Waals surface area contributed by atoms with Gasteiger partial charge >= 0.3 is 0 Å². The van der Waals surface area contributed by atoms with Crippen molar-refractivity contribution in [3.8, 4) is 0 Å². The highest BCUT2D eigenvalue weighted by molar-refractivity contribution is 7.80. The number of hydrogen-bond donors (Lipinski definition) is 2. The molecule has 0 atom stereocenters. The molecule has 0 bridgehead atoms. The van der Waals surface area contributed by atoms with Crippen molar-refractivity contribution in [2.45, 2.75) is 40.8 Å². The summed E-state index contributed by atoms with van der Waals surface area (Å²) < 4.78 is 1.94. The summed E-state index contributed by atoms with van der Waals surface area (Å²) in [5.74, 6) is 0.597. The highest BCUT2D eigenvalue weighted by atomic mass is 32.1. The van der Waals surface area contributed by atoms with Crippen molar-refractivity contribution in [3.05, 3.63) is 17.5 Å². The van der Waals surface area contributed by atoms with Gasteiger partial charge in [0.05, 0.1) is 5.69 Å². The fourth-order valence-corrected chi connectivity index (χ4v) is 1.58. The molecule has 0 saturated carbocycles. The molecule has 17 heavy (non-hydrogen) atoms. The van der Waals surface area contributed by atoms with Crippen molar-refractivity contribution in [1.29, 1.82) is 0 Å². The molecular weight excluding hydrogens is 232 g/mol. The van der Waals surface area contributed by atoms with Crippen LogP contribution in [0.15, 0.2) is 6.20 Å². The van der Waals surface area contributed by atoms with Crippen molar-refractivity contribution in [1.82, 2.24) is 20.4 Å². The minimum atomic E-state index is 0.597. The van der Waals surface area contributed by atoms with E-state index >= 15 is 0 Å². The third-order valence-corrected chi connectivity index (χ3v) is 2.77. The van der Waals surface area contributed by atoms with Crippen LogP contribution in [0.1, 0.15) is 32.0 Å². The summed E-state index contributed by atoms with van der Waals surface area (Å²) in [7, 11) is 0. The quantitative estimate of drug-likeness (QED) is 0.787. The number of nitrogens with zero attached hydrogens (tertiary/aromatic N) is 2. The number of aryl methyl sites for hydroxylation is 2. The number of nitrogens with one attached hydrogen (secondary N) is 2. The van der Waals surface area contributed by atoms with E-state index in [4.69, 9.17) is 12.2 Å². The Bertz CT molecular complexity index is 371. The molecule has 0 spiro atoms. The first-order valence-electron chi connectivity index (χ1n) is 6.07. The zero-order valence-corrected chi connectivity index (χ0v) is 11.9. The minimum Gasteiger partial charge on any atom is -0.362 e. The topological polar surface area (TPSA) is 41.9 Å². The fourth-order valence-electron chi connectivity index (χ4n) is 1.43. The molecule has 1 aromatic rings. The van der Waals surface area contributed by atoms with Gasteiger partial charge < -0.3 is 10.6 Å². The van der Waals surface area contributed by atoms with E-state index in [0.717, 1.165) is 25.3 Å². The summed E-state index contributed by atoms with van der Waals surface area (Å²) in [6.45, 7) is 11.0. The average molecular weight is 254 g/mol. The molecule has 1 aromatic heterocycles. The third-order valence-electron chi connectivity index (χ3n) is 2.48. The third kappa shape index (κ3) is 4.73. The molecule has 0 radical (unpaired) electrons. The summed E-state index contributed by atoms with van der Waals surface area (Å²) in [6.07, 6.45) is 2.06. The summed E-state index contributed by atoms with van der Waals surface area (Å²) in [5, 5.41) is 11.5. The summed E-state index contributed by atoms with van der Waals surface area (Å²) >= 11 is 5.20. The molecule has 1 rings (SSSR count). The summed E-state index contributed by atoms with van der Waals surface area (Å²) in [6, 6.07) is 0. The first kappa shape index (κ1) is 14.0. The van der Waals surface area contributed by atoms with Gasteiger partial charge in [-0.05, 0) is 32.0 Å². The smallest absolute Gasteiger partial charge is 0.166 e. The largest absolute Gasteiger partial charge is 0.362 e. The van der Waals surface area contributed by atoms with Crippen LogP contribution in [0, 0.1) is 12.8 Å². The molecule has 0 aliphatic carbocycles. The van der Waals surface area contributed by atoms with Crippen LogP contribution in [0.2, 0.25) is 0 Å². The van der Waals surface area contributed by atoms with Crippen LogP contribution in [0.5, 0.6) is 0 Å². The predicted octanol–water partition coefficient (Wildman–Crippen LogP) is 1.83. The molecule has 0 aliphatic rings. The Hall–Kier alpha value is -1.10. The van der Waals surface area contributed by atoms with Crippen LogP contribution in [0.25, 0.3) is 0 Å². The van der Waals surface area contributed by atoms with E-state index < -0.39 is 0 Å². The molecule has 0 aromatic carbocycles. The van der Waals surface area contributed by atoms with Crippen LogP contribution in [0.3, 0.4) is 0 Å². The lowest BCUT2D eigenvalue weighted by molar-refractivity contribution is 0.619. The molecular formula is C12H22N4S. The van der Waals surface area contributed by atoms with E-state index in [0.29, 0.717) is 11.0 Å². The molecule has 4 nitrogen and oxygen atoms in total. The lowest BCUT2D eigenvalue weighted by Gasteiger charge is -2.11. The van der Waals surface area contributed by atoms with Gasteiger partial charge in [-0.1, -0.05) is 13.8 Å². The molecule has 2 N–H and O–H groups in total. The standard InChI is InChI=1S/C12H22N4S/c1-5-16-8-11(10(4)15-16)7-14-12(17)13-6-9(2)3/h8-9H,5-7H2,1-4H3,(H2,13,14,17). The number of rotatable bonds is 5. The van der Waals surface area contributed by atoms with Crippen LogP contribution < -0.4 is 10.6 Å². The Morgan fingerprint density at radius 2 is 2.18 bits per heavy atom. The average Bonchev–Trinajstić information content (AvgIpc) is 2.64. The van der Waals surface area contributed by atoms with Gasteiger partial charge in [-0.15, -0.1) is 0 Å². The maximum absolute atomic E-state index is 5.20. The maximum Gasteiger partial charge on any atom is 0.166 e. The van der Waals surface area contributed by atoms with Crippen molar-refractivity contribution >= 4 is 17.3 Å². The Balaban J connectivity index is 2.39. The van der Waals surface area contributed by atoms with Gasteiger partial charge in [0.2, 0.25) is 0 Å². The highest BCUT2D eigenvalue weighted by Crippen LogP contribution is 2.04. The maximum atomic E-state index is 5.20. The second-order valence-electron chi connectivity index (χ2n) is 4.55. The fraction of sp³-hybridized carbons (Fsp3) is 0.667. The van der Waals surface area contributed by atoms with E-state index in [1.807, 2.05) is 11.6 Å². The molecule has 0 unspecified atom stereocenters. The van der Waals surface area contributed by atoms with Gasteiger partial charge in [0.15, 0.2) is 5.11 Å². The highest BCUT2D eigenvalue weighted by Gasteiger charge is 2.04. The molecule has 5 heteroatoms. The number of thiocarbonyl (C=S) groups is 1. The summed E-state index contributed by atoms with van der Waals surface area (Å²) in [5.41, 5.74) is 2.26. The van der Waals surface area contributed by atoms with Crippen molar-refractivity contribution < 1.29 is 0 Å². The number of hydrogen-bond acceptors (Lipinski definition) is 2. The minimum absolute atomic E-state index is 0.597. The van der Waals surface area contributed by atoms with E-state index in [1.165, 1.54) is 5.56 Å². The van der Waals surface area contributed by atoms with E-state index in [1.54, 1.807) is 0 Å². The lowest BCUT2D eigenvalue weighted by Crippen LogP contribution is -2.36. The van der Waals surface area contributed by atoms with Crippen LogP contribution in [-0.2, 0) is 13.1 Å². The van der Waals surface area contributed by atoms with Gasteiger partial charge in [-0.2, -0.15) is 5.10 Å². The molecule has 0 saturated heterocycles. The molecule has 0 aliphatic heterocycles. The predicted molar refractivity (Wildman–Crippen MR) is 74.9 cm³/mol. The van der Waals surface area contributed by atoms with Gasteiger partial charge in [0.1, 0.15) is 0 Å². The van der Waals surface area contributed by atoms with Crippen LogP contribution in [0.4, 0.5) is 0 Å². The first-order valence-corrected chi connectivity index (χ1v) is 6.48. The van der Waals surface area contributed by atoms with E-state index in [-0.39, 0.29) is 0 Å². The molecule has 0 amide bonds. The van der Waals surface area contributed by atoms with Gasteiger partial charge in [0.25, 0.3) is 0 Å². The Morgan fingerprint density at radius 3 is 2.71 bits per heavy atom. The van der Waals surface area contributed by atoms with E-state index in [9.17, 15) is 0 Å². The van der Waals surface area contributed by atoms with Crippen LogP contribution >= 0.6 is 12.2 Å². The summed E-state index contributed by atoms with van der Waals surface area (Å²) in [4.78, 5) is 0. The Kier molecular flexibility index (Phi) is 5.41. The SMILES string of the molecule is CCn1cc(CNC(=S)NCC(C)C)c(C)n1. The Morgan fingerprint density at radius 1 is 1.47 bits per heavy atom. The molecule has 1 heterocycles. The lowest BCUT2D eigenvalue weighted by atomic mass is 10.2. The number of aromatic nitrogens is 2. The zero-order valence-electron chi connectivity index (χ0n) is 11.1. The molecule has 0 fully saturated rings. The van der Waals surface area contributed by atoms with Crippen molar-refractivity contribution in [3.63, 3.8) is 0 Å². The van der Waals surface area contributed by atoms with Crippen LogP contribution in [-0.4, -0.2) is 21.4 Å². The second kappa shape index (κ2) is 6.59. The first-order chi connectivity index (χ1) is 8.02.